The molecule has 1 aliphatic rings. The van der Waals surface area contributed by atoms with E-state index >= 15 is 0 Å². The summed E-state index contributed by atoms with van der Waals surface area (Å²) >= 11 is 0. The number of anilines is 1. The zero-order valence-corrected chi connectivity index (χ0v) is 19.2. The molecule has 2 aromatic carbocycles. The van der Waals surface area contributed by atoms with Crippen LogP contribution in [0.25, 0.3) is 0 Å². The van der Waals surface area contributed by atoms with E-state index < -0.39 is 5.92 Å². The number of hydrogen-bond donors (Lipinski definition) is 1. The molecule has 2 heterocycles. The Kier molecular flexibility index (Phi) is 6.73. The van der Waals surface area contributed by atoms with E-state index in [9.17, 15) is 9.59 Å². The normalized spacial score (nSPS) is 16.5. The van der Waals surface area contributed by atoms with Crippen molar-refractivity contribution >= 4 is 17.5 Å². The molecule has 0 saturated carbocycles. The zero-order valence-electron chi connectivity index (χ0n) is 19.2. The Morgan fingerprint density at radius 2 is 1.94 bits per heavy atom. The number of carbonyl (C=O) groups is 2. The number of carbonyl (C=O) groups excluding carboxylic acids is 2. The van der Waals surface area contributed by atoms with Gasteiger partial charge in [-0.2, -0.15) is 0 Å². The molecular formula is C27H29N3O3. The second kappa shape index (κ2) is 9.86. The highest BCUT2D eigenvalue weighted by molar-refractivity contribution is 6.09. The lowest BCUT2D eigenvalue weighted by Crippen LogP contribution is -2.38. The average molecular weight is 444 g/mol. The average Bonchev–Trinajstić information content (AvgIpc) is 3.22. The van der Waals surface area contributed by atoms with E-state index in [0.29, 0.717) is 19.6 Å². The van der Waals surface area contributed by atoms with Crippen molar-refractivity contribution < 1.29 is 14.3 Å². The van der Waals surface area contributed by atoms with Gasteiger partial charge in [-0.15, -0.1) is 0 Å². The smallest absolute Gasteiger partial charge is 0.239 e. The summed E-state index contributed by atoms with van der Waals surface area (Å²) in [5, 5.41) is 3.00. The number of aryl methyl sites for hydroxylation is 2. The van der Waals surface area contributed by atoms with Crippen LogP contribution in [0, 0.1) is 19.8 Å². The molecule has 1 fully saturated rings. The first-order valence-corrected chi connectivity index (χ1v) is 11.2. The first-order chi connectivity index (χ1) is 15.9. The summed E-state index contributed by atoms with van der Waals surface area (Å²) in [4.78, 5) is 31.6. The maximum Gasteiger partial charge on any atom is 0.239 e. The minimum Gasteiger partial charge on any atom is -0.489 e. The molecule has 0 radical (unpaired) electrons. The molecule has 1 N–H and O–H groups in total. The zero-order chi connectivity index (χ0) is 23.4. The first-order valence-electron chi connectivity index (χ1n) is 11.2. The van der Waals surface area contributed by atoms with Gasteiger partial charge in [0, 0.05) is 30.2 Å². The Balaban J connectivity index is 1.33. The van der Waals surface area contributed by atoms with Gasteiger partial charge in [0.15, 0.2) is 0 Å². The lowest BCUT2D eigenvalue weighted by molar-refractivity contribution is -0.132. The third kappa shape index (κ3) is 5.22. The summed E-state index contributed by atoms with van der Waals surface area (Å²) in [6.45, 7) is 6.99. The molecule has 6 heteroatoms. The van der Waals surface area contributed by atoms with E-state index in [1.165, 1.54) is 5.56 Å². The number of hydrogen-bond acceptors (Lipinski definition) is 4. The molecule has 2 unspecified atom stereocenters. The summed E-state index contributed by atoms with van der Waals surface area (Å²) in [5.41, 5.74) is 5.12. The number of aromatic nitrogens is 1. The number of ether oxygens (including phenoxy) is 1. The van der Waals surface area contributed by atoms with Gasteiger partial charge in [-0.1, -0.05) is 24.3 Å². The van der Waals surface area contributed by atoms with Crippen LogP contribution in [0.15, 0.2) is 67.0 Å². The summed E-state index contributed by atoms with van der Waals surface area (Å²) in [6.07, 6.45) is 4.02. The van der Waals surface area contributed by atoms with Crippen molar-refractivity contribution in [1.29, 1.82) is 0 Å². The lowest BCUT2D eigenvalue weighted by atomic mass is 10.0. The Hall–Kier alpha value is -3.67. The van der Waals surface area contributed by atoms with Crippen LogP contribution in [0.2, 0.25) is 0 Å². The molecule has 6 nitrogen and oxygen atoms in total. The van der Waals surface area contributed by atoms with Crippen molar-refractivity contribution in [2.24, 2.45) is 5.92 Å². The van der Waals surface area contributed by atoms with Crippen molar-refractivity contribution in [2.45, 2.75) is 39.8 Å². The summed E-state index contributed by atoms with van der Waals surface area (Å²) in [6, 6.07) is 17.2. The minimum atomic E-state index is -0.656. The summed E-state index contributed by atoms with van der Waals surface area (Å²) in [5.74, 6) is -0.273. The fourth-order valence-corrected chi connectivity index (χ4v) is 3.97. The summed E-state index contributed by atoms with van der Waals surface area (Å²) < 4.78 is 5.80. The van der Waals surface area contributed by atoms with Crippen molar-refractivity contribution in [2.75, 3.05) is 11.4 Å². The van der Waals surface area contributed by atoms with Crippen LogP contribution < -0.4 is 15.0 Å². The standard InChI is InChI=1S/C27H29N3O3/c1-18-6-9-23(15-19(18)2)30-14-12-25(27(30)32)26(31)29-20(3)22-7-10-24(11-8-22)33-17-21-5-4-13-28-16-21/h4-11,13,15-16,20,25H,12,14,17H2,1-3H3,(H,29,31). The second-order valence-corrected chi connectivity index (χ2v) is 8.55. The van der Waals surface area contributed by atoms with E-state index in [2.05, 4.69) is 10.3 Å². The largest absolute Gasteiger partial charge is 0.489 e. The third-order valence-corrected chi connectivity index (χ3v) is 6.19. The van der Waals surface area contributed by atoms with Crippen molar-refractivity contribution in [3.05, 3.63) is 89.2 Å². The van der Waals surface area contributed by atoms with E-state index in [1.807, 2.05) is 75.4 Å². The maximum atomic E-state index is 12.9. The number of nitrogens with zero attached hydrogens (tertiary/aromatic N) is 2. The van der Waals surface area contributed by atoms with Gasteiger partial charge in [0.1, 0.15) is 18.3 Å². The fourth-order valence-electron chi connectivity index (χ4n) is 3.97. The maximum absolute atomic E-state index is 12.9. The SMILES string of the molecule is Cc1ccc(N2CCC(C(=O)NC(C)c3ccc(OCc4cccnc4)cc3)C2=O)cc1C. The van der Waals surface area contributed by atoms with E-state index in [0.717, 1.165) is 28.1 Å². The molecule has 1 aromatic heterocycles. The van der Waals surface area contributed by atoms with Gasteiger partial charge in [0.25, 0.3) is 0 Å². The molecular weight excluding hydrogens is 414 g/mol. The monoisotopic (exact) mass is 443 g/mol. The molecule has 1 saturated heterocycles. The van der Waals surface area contributed by atoms with Gasteiger partial charge in [-0.25, -0.2) is 0 Å². The topological polar surface area (TPSA) is 71.5 Å². The van der Waals surface area contributed by atoms with Gasteiger partial charge in [0.2, 0.25) is 11.8 Å². The fraction of sp³-hybridized carbons (Fsp3) is 0.296. The van der Waals surface area contributed by atoms with Crippen LogP contribution in [0.3, 0.4) is 0 Å². The molecule has 0 aliphatic carbocycles. The minimum absolute atomic E-state index is 0.137. The molecule has 2 atom stereocenters. The highest BCUT2D eigenvalue weighted by Gasteiger charge is 2.38. The van der Waals surface area contributed by atoms with Crippen LogP contribution in [0.1, 0.15) is 41.6 Å². The van der Waals surface area contributed by atoms with Gasteiger partial charge < -0.3 is 15.0 Å². The van der Waals surface area contributed by atoms with E-state index in [1.54, 1.807) is 17.3 Å². The quantitative estimate of drug-likeness (QED) is 0.546. The van der Waals surface area contributed by atoms with Gasteiger partial charge in [-0.3, -0.25) is 14.6 Å². The second-order valence-electron chi connectivity index (χ2n) is 8.55. The molecule has 170 valence electrons. The number of nitrogens with one attached hydrogen (secondary N) is 1. The Morgan fingerprint density at radius 1 is 1.15 bits per heavy atom. The summed E-state index contributed by atoms with van der Waals surface area (Å²) in [7, 11) is 0. The number of rotatable bonds is 7. The molecule has 2 amide bonds. The van der Waals surface area contributed by atoms with E-state index in [4.69, 9.17) is 4.74 Å². The molecule has 0 bridgehead atoms. The van der Waals surface area contributed by atoms with Gasteiger partial charge in [0.05, 0.1) is 6.04 Å². The van der Waals surface area contributed by atoms with Gasteiger partial charge >= 0.3 is 0 Å². The number of pyridine rings is 1. The Morgan fingerprint density at radius 3 is 2.64 bits per heavy atom. The highest BCUT2D eigenvalue weighted by atomic mass is 16.5. The van der Waals surface area contributed by atoms with Crippen molar-refractivity contribution in [3.63, 3.8) is 0 Å². The van der Waals surface area contributed by atoms with Crippen LogP contribution in [0.5, 0.6) is 5.75 Å². The van der Waals surface area contributed by atoms with Crippen molar-refractivity contribution in [3.8, 4) is 5.75 Å². The predicted molar refractivity (Wildman–Crippen MR) is 128 cm³/mol. The van der Waals surface area contributed by atoms with Crippen LogP contribution >= 0.6 is 0 Å². The number of benzene rings is 2. The van der Waals surface area contributed by atoms with Crippen LogP contribution in [-0.2, 0) is 16.2 Å². The molecule has 0 spiro atoms. The van der Waals surface area contributed by atoms with Gasteiger partial charge in [-0.05, 0) is 74.2 Å². The molecule has 33 heavy (non-hydrogen) atoms. The Labute approximate surface area is 194 Å². The Bertz CT molecular complexity index is 1130. The molecule has 3 aromatic rings. The highest BCUT2D eigenvalue weighted by Crippen LogP contribution is 2.28. The third-order valence-electron chi connectivity index (χ3n) is 6.19. The predicted octanol–water partition coefficient (Wildman–Crippen LogP) is 4.51. The van der Waals surface area contributed by atoms with E-state index in [-0.39, 0.29) is 17.9 Å². The number of amides is 2. The van der Waals surface area contributed by atoms with Crippen molar-refractivity contribution in [1.82, 2.24) is 10.3 Å². The lowest BCUT2D eigenvalue weighted by Gasteiger charge is -2.19. The molecule has 4 rings (SSSR count). The first kappa shape index (κ1) is 22.5. The molecule has 1 aliphatic heterocycles. The van der Waals surface area contributed by atoms with Crippen LogP contribution in [-0.4, -0.2) is 23.3 Å². The van der Waals surface area contributed by atoms with Crippen LogP contribution in [0.4, 0.5) is 5.69 Å².